The summed E-state index contributed by atoms with van der Waals surface area (Å²) in [4.78, 5) is 11.6. The van der Waals surface area contributed by atoms with E-state index in [4.69, 9.17) is 0 Å². The van der Waals surface area contributed by atoms with Gasteiger partial charge in [0.1, 0.15) is 11.3 Å². The molecular weight excluding hydrogens is 324 g/mol. The minimum atomic E-state index is -1.11. The van der Waals surface area contributed by atoms with Crippen LogP contribution in [0.5, 0.6) is 5.75 Å². The number of hydrogen-bond acceptors (Lipinski definition) is 2. The summed E-state index contributed by atoms with van der Waals surface area (Å²) in [6.45, 7) is 4.05. The number of carbonyl (C=O) groups is 1. The molecule has 132 valence electrons. The number of aromatic carboxylic acids is 1. The first-order chi connectivity index (χ1) is 12.4. The average Bonchev–Trinajstić information content (AvgIpc) is 2.61. The lowest BCUT2D eigenvalue weighted by Gasteiger charge is -2.12. The number of phenols is 1. The predicted molar refractivity (Wildman–Crippen MR) is 103 cm³/mol. The summed E-state index contributed by atoms with van der Waals surface area (Å²) in [6, 6.07) is 19.7. The molecule has 3 nitrogen and oxygen atoms in total. The summed E-state index contributed by atoms with van der Waals surface area (Å²) in [5.74, 6) is -1.26. The zero-order valence-corrected chi connectivity index (χ0v) is 15.0. The van der Waals surface area contributed by atoms with E-state index in [0.29, 0.717) is 18.4 Å². The number of rotatable bonds is 5. The van der Waals surface area contributed by atoms with Crippen molar-refractivity contribution in [2.45, 2.75) is 26.7 Å². The molecule has 0 heterocycles. The second-order valence-corrected chi connectivity index (χ2v) is 6.78. The first-order valence-electron chi connectivity index (χ1n) is 8.61. The maximum absolute atomic E-state index is 11.6. The predicted octanol–water partition coefficient (Wildman–Crippen LogP) is 4.89. The van der Waals surface area contributed by atoms with Crippen LogP contribution in [0.25, 0.3) is 0 Å². The number of aryl methyl sites for hydroxylation is 2. The van der Waals surface area contributed by atoms with Crippen molar-refractivity contribution in [2.24, 2.45) is 0 Å². The van der Waals surface area contributed by atoms with E-state index >= 15 is 0 Å². The lowest BCUT2D eigenvalue weighted by molar-refractivity contribution is 0.0693. The van der Waals surface area contributed by atoms with Gasteiger partial charge in [0.2, 0.25) is 0 Å². The van der Waals surface area contributed by atoms with E-state index in [1.165, 1.54) is 5.56 Å². The standard InChI is InChI=1S/C23H22O3/c1-15-3-7-17(8-4-15)11-19-13-20(22(24)21(14-19)23(25)26)12-18-9-5-16(2)6-10-18/h3-10,13-14,24H,11-12H2,1-2H3,(H,25,26). The van der Waals surface area contributed by atoms with Crippen molar-refractivity contribution in [3.63, 3.8) is 0 Å². The molecule has 0 saturated heterocycles. The summed E-state index contributed by atoms with van der Waals surface area (Å²) >= 11 is 0. The van der Waals surface area contributed by atoms with Crippen molar-refractivity contribution < 1.29 is 15.0 Å². The Balaban J connectivity index is 1.97. The SMILES string of the molecule is Cc1ccc(Cc2cc(Cc3ccc(C)cc3)c(O)c(C(=O)O)c2)cc1. The lowest BCUT2D eigenvalue weighted by Crippen LogP contribution is -2.03. The van der Waals surface area contributed by atoms with Crippen LogP contribution >= 0.6 is 0 Å². The Kier molecular flexibility index (Phi) is 5.08. The minimum absolute atomic E-state index is 0.0447. The fraction of sp³-hybridized carbons (Fsp3) is 0.174. The van der Waals surface area contributed by atoms with Crippen molar-refractivity contribution in [3.05, 3.63) is 99.6 Å². The van der Waals surface area contributed by atoms with Crippen LogP contribution in [0.1, 0.15) is 43.7 Å². The molecule has 2 N–H and O–H groups in total. The van der Waals surface area contributed by atoms with E-state index < -0.39 is 5.97 Å². The molecule has 0 aliphatic heterocycles. The van der Waals surface area contributed by atoms with E-state index in [1.54, 1.807) is 6.07 Å². The van der Waals surface area contributed by atoms with E-state index in [9.17, 15) is 15.0 Å². The van der Waals surface area contributed by atoms with Gasteiger partial charge in [0.05, 0.1) is 0 Å². The van der Waals surface area contributed by atoms with E-state index in [0.717, 1.165) is 22.3 Å². The van der Waals surface area contributed by atoms with Crippen molar-refractivity contribution in [2.75, 3.05) is 0 Å². The van der Waals surface area contributed by atoms with Crippen LogP contribution in [0.4, 0.5) is 0 Å². The highest BCUT2D eigenvalue weighted by Crippen LogP contribution is 2.28. The van der Waals surface area contributed by atoms with Gasteiger partial charge in [-0.05, 0) is 48.6 Å². The molecule has 26 heavy (non-hydrogen) atoms. The molecule has 0 bridgehead atoms. The molecule has 0 saturated carbocycles. The van der Waals surface area contributed by atoms with Crippen LogP contribution in [0, 0.1) is 13.8 Å². The lowest BCUT2D eigenvalue weighted by atomic mass is 9.95. The third kappa shape index (κ3) is 4.12. The molecule has 3 aromatic carbocycles. The summed E-state index contributed by atoms with van der Waals surface area (Å²) in [7, 11) is 0. The van der Waals surface area contributed by atoms with Crippen molar-refractivity contribution in [3.8, 4) is 5.75 Å². The van der Waals surface area contributed by atoms with Gasteiger partial charge in [-0.3, -0.25) is 0 Å². The van der Waals surface area contributed by atoms with Crippen LogP contribution in [0.15, 0.2) is 60.7 Å². The first-order valence-corrected chi connectivity index (χ1v) is 8.61. The Bertz CT molecular complexity index is 923. The van der Waals surface area contributed by atoms with Gasteiger partial charge in [0.15, 0.2) is 0 Å². The number of carboxylic acid groups (broad SMARTS) is 1. The van der Waals surface area contributed by atoms with Crippen LogP contribution < -0.4 is 0 Å². The van der Waals surface area contributed by atoms with Gasteiger partial charge in [0.25, 0.3) is 0 Å². The molecule has 3 aromatic rings. The second-order valence-electron chi connectivity index (χ2n) is 6.78. The first kappa shape index (κ1) is 17.7. The molecule has 0 spiro atoms. The molecule has 0 aromatic heterocycles. The molecule has 0 amide bonds. The van der Waals surface area contributed by atoms with Crippen molar-refractivity contribution >= 4 is 5.97 Å². The average molecular weight is 346 g/mol. The Morgan fingerprint density at radius 3 is 1.77 bits per heavy atom. The fourth-order valence-corrected chi connectivity index (χ4v) is 3.03. The molecular formula is C23H22O3. The Labute approximate surface area is 153 Å². The Morgan fingerprint density at radius 2 is 1.27 bits per heavy atom. The van der Waals surface area contributed by atoms with E-state index in [-0.39, 0.29) is 11.3 Å². The topological polar surface area (TPSA) is 57.5 Å². The van der Waals surface area contributed by atoms with Gasteiger partial charge < -0.3 is 10.2 Å². The minimum Gasteiger partial charge on any atom is -0.507 e. The molecule has 0 fully saturated rings. The largest absolute Gasteiger partial charge is 0.507 e. The normalized spacial score (nSPS) is 10.7. The van der Waals surface area contributed by atoms with E-state index in [1.807, 2.05) is 68.4 Å². The molecule has 0 aliphatic rings. The highest BCUT2D eigenvalue weighted by atomic mass is 16.4. The van der Waals surface area contributed by atoms with Gasteiger partial charge >= 0.3 is 5.97 Å². The molecule has 0 unspecified atom stereocenters. The Morgan fingerprint density at radius 1 is 0.769 bits per heavy atom. The summed E-state index contributed by atoms with van der Waals surface area (Å²) in [5, 5.41) is 19.9. The third-order valence-electron chi connectivity index (χ3n) is 4.52. The maximum atomic E-state index is 11.6. The number of aromatic hydroxyl groups is 1. The molecule has 3 heteroatoms. The maximum Gasteiger partial charge on any atom is 0.339 e. The van der Waals surface area contributed by atoms with Gasteiger partial charge in [0, 0.05) is 6.42 Å². The zero-order chi connectivity index (χ0) is 18.7. The number of hydrogen-bond donors (Lipinski definition) is 2. The van der Waals surface area contributed by atoms with Crippen LogP contribution in [0.2, 0.25) is 0 Å². The fourth-order valence-electron chi connectivity index (χ4n) is 3.03. The molecule has 0 atom stereocenters. The van der Waals surface area contributed by atoms with Crippen molar-refractivity contribution in [1.29, 1.82) is 0 Å². The van der Waals surface area contributed by atoms with E-state index in [2.05, 4.69) is 0 Å². The third-order valence-corrected chi connectivity index (χ3v) is 4.52. The van der Waals surface area contributed by atoms with Crippen LogP contribution in [-0.2, 0) is 12.8 Å². The van der Waals surface area contributed by atoms with Gasteiger partial charge in [-0.15, -0.1) is 0 Å². The highest BCUT2D eigenvalue weighted by molar-refractivity contribution is 5.91. The number of benzene rings is 3. The number of carboxylic acids is 1. The second kappa shape index (κ2) is 7.44. The molecule has 0 radical (unpaired) electrons. The summed E-state index contributed by atoms with van der Waals surface area (Å²) in [5.41, 5.74) is 5.97. The Hall–Kier alpha value is -3.07. The highest BCUT2D eigenvalue weighted by Gasteiger charge is 2.16. The smallest absolute Gasteiger partial charge is 0.339 e. The van der Waals surface area contributed by atoms with Gasteiger partial charge in [-0.25, -0.2) is 4.79 Å². The van der Waals surface area contributed by atoms with Gasteiger partial charge in [-0.2, -0.15) is 0 Å². The monoisotopic (exact) mass is 346 g/mol. The molecule has 0 aliphatic carbocycles. The zero-order valence-electron chi connectivity index (χ0n) is 15.0. The summed E-state index contributed by atoms with van der Waals surface area (Å²) < 4.78 is 0. The summed E-state index contributed by atoms with van der Waals surface area (Å²) in [6.07, 6.45) is 1.12. The molecule has 3 rings (SSSR count). The van der Waals surface area contributed by atoms with Gasteiger partial charge in [-0.1, -0.05) is 65.7 Å². The quantitative estimate of drug-likeness (QED) is 0.691. The van der Waals surface area contributed by atoms with Crippen molar-refractivity contribution in [1.82, 2.24) is 0 Å². The van der Waals surface area contributed by atoms with Crippen LogP contribution in [-0.4, -0.2) is 16.2 Å². The van der Waals surface area contributed by atoms with Crippen LogP contribution in [0.3, 0.4) is 0 Å².